The van der Waals surface area contributed by atoms with Gasteiger partial charge < -0.3 is 10.1 Å². The Balaban J connectivity index is 2.46. The van der Waals surface area contributed by atoms with Crippen LogP contribution in [0.4, 0.5) is 0 Å². The summed E-state index contributed by atoms with van der Waals surface area (Å²) in [5.74, 6) is 0. The van der Waals surface area contributed by atoms with Gasteiger partial charge in [0, 0.05) is 25.7 Å². The highest BCUT2D eigenvalue weighted by atomic mass is 16.5. The second-order valence-corrected chi connectivity index (χ2v) is 5.35. The molecule has 0 bridgehead atoms. The van der Waals surface area contributed by atoms with E-state index in [9.17, 15) is 0 Å². The van der Waals surface area contributed by atoms with Crippen molar-refractivity contribution in [1.29, 1.82) is 0 Å². The first kappa shape index (κ1) is 14.9. The van der Waals surface area contributed by atoms with Crippen molar-refractivity contribution in [2.75, 3.05) is 26.7 Å². The molecule has 3 nitrogen and oxygen atoms in total. The standard InChI is InChI=1S/C14H30N2O/c1-5-9-15-13(3)14-8-6-7-10-16(14)11-12(2)17-4/h12-15H,5-11H2,1-4H3. The molecule has 1 rings (SSSR count). The minimum absolute atomic E-state index is 0.342. The van der Waals surface area contributed by atoms with Gasteiger partial charge >= 0.3 is 0 Å². The first-order valence-electron chi connectivity index (χ1n) is 7.19. The van der Waals surface area contributed by atoms with Crippen molar-refractivity contribution in [2.45, 2.75) is 64.6 Å². The van der Waals surface area contributed by atoms with E-state index in [1.54, 1.807) is 0 Å². The van der Waals surface area contributed by atoms with Gasteiger partial charge in [0.1, 0.15) is 0 Å². The molecular weight excluding hydrogens is 212 g/mol. The van der Waals surface area contributed by atoms with Crippen molar-refractivity contribution >= 4 is 0 Å². The second-order valence-electron chi connectivity index (χ2n) is 5.35. The SMILES string of the molecule is CCCNC(C)C1CCCCN1CC(C)OC. The summed E-state index contributed by atoms with van der Waals surface area (Å²) >= 11 is 0. The van der Waals surface area contributed by atoms with Crippen LogP contribution < -0.4 is 5.32 Å². The maximum Gasteiger partial charge on any atom is 0.0670 e. The molecule has 0 amide bonds. The molecule has 1 aliphatic heterocycles. The number of hydrogen-bond donors (Lipinski definition) is 1. The summed E-state index contributed by atoms with van der Waals surface area (Å²) in [6.45, 7) is 10.2. The third-order valence-electron chi connectivity index (χ3n) is 3.85. The largest absolute Gasteiger partial charge is 0.380 e. The molecule has 1 heterocycles. The molecule has 102 valence electrons. The molecule has 0 aromatic rings. The number of piperidine rings is 1. The van der Waals surface area contributed by atoms with Crippen molar-refractivity contribution in [1.82, 2.24) is 10.2 Å². The smallest absolute Gasteiger partial charge is 0.0670 e. The van der Waals surface area contributed by atoms with Gasteiger partial charge in [-0.25, -0.2) is 0 Å². The lowest BCUT2D eigenvalue weighted by molar-refractivity contribution is 0.0372. The number of methoxy groups -OCH3 is 1. The Morgan fingerprint density at radius 1 is 1.35 bits per heavy atom. The Morgan fingerprint density at radius 3 is 2.76 bits per heavy atom. The van der Waals surface area contributed by atoms with Crippen LogP contribution in [0.25, 0.3) is 0 Å². The van der Waals surface area contributed by atoms with E-state index < -0.39 is 0 Å². The zero-order valence-corrected chi connectivity index (χ0v) is 12.0. The van der Waals surface area contributed by atoms with Crippen LogP contribution in [0.15, 0.2) is 0 Å². The molecule has 3 heteroatoms. The van der Waals surface area contributed by atoms with Gasteiger partial charge in [0.15, 0.2) is 0 Å². The Labute approximate surface area is 107 Å². The van der Waals surface area contributed by atoms with Gasteiger partial charge in [0.05, 0.1) is 6.10 Å². The van der Waals surface area contributed by atoms with Crippen LogP contribution in [0.1, 0.15) is 46.5 Å². The molecular formula is C14H30N2O. The topological polar surface area (TPSA) is 24.5 Å². The van der Waals surface area contributed by atoms with Gasteiger partial charge in [0.25, 0.3) is 0 Å². The van der Waals surface area contributed by atoms with Crippen LogP contribution in [0.5, 0.6) is 0 Å². The summed E-state index contributed by atoms with van der Waals surface area (Å²) in [6.07, 6.45) is 5.60. The van der Waals surface area contributed by atoms with Gasteiger partial charge in [-0.05, 0) is 46.2 Å². The van der Waals surface area contributed by atoms with E-state index in [0.717, 1.165) is 13.1 Å². The number of rotatable bonds is 7. The molecule has 0 aromatic heterocycles. The Kier molecular flexibility index (Phi) is 7.09. The van der Waals surface area contributed by atoms with Crippen LogP contribution in [-0.2, 0) is 4.74 Å². The lowest BCUT2D eigenvalue weighted by atomic mass is 9.96. The fraction of sp³-hybridized carbons (Fsp3) is 1.00. The fourth-order valence-electron chi connectivity index (χ4n) is 2.72. The van der Waals surface area contributed by atoms with Crippen molar-refractivity contribution in [3.63, 3.8) is 0 Å². The van der Waals surface area contributed by atoms with E-state index in [1.807, 2.05) is 7.11 Å². The number of hydrogen-bond acceptors (Lipinski definition) is 3. The molecule has 1 aliphatic rings. The molecule has 17 heavy (non-hydrogen) atoms. The molecule has 0 spiro atoms. The summed E-state index contributed by atoms with van der Waals surface area (Å²) in [5, 5.41) is 3.64. The van der Waals surface area contributed by atoms with Gasteiger partial charge in [0.2, 0.25) is 0 Å². The molecule has 1 N–H and O–H groups in total. The van der Waals surface area contributed by atoms with Crippen molar-refractivity contribution in [3.8, 4) is 0 Å². The summed E-state index contributed by atoms with van der Waals surface area (Å²) in [4.78, 5) is 2.62. The molecule has 1 saturated heterocycles. The minimum Gasteiger partial charge on any atom is -0.380 e. The van der Waals surface area contributed by atoms with Crippen LogP contribution in [0.2, 0.25) is 0 Å². The maximum absolute atomic E-state index is 5.40. The lowest BCUT2D eigenvalue weighted by Crippen LogP contribution is -2.52. The maximum atomic E-state index is 5.40. The summed E-state index contributed by atoms with van der Waals surface area (Å²) in [6, 6.07) is 1.28. The second kappa shape index (κ2) is 8.06. The minimum atomic E-state index is 0.342. The Morgan fingerprint density at radius 2 is 2.12 bits per heavy atom. The highest BCUT2D eigenvalue weighted by Gasteiger charge is 2.27. The van der Waals surface area contributed by atoms with E-state index in [4.69, 9.17) is 4.74 Å². The molecule has 1 fully saturated rings. The third-order valence-corrected chi connectivity index (χ3v) is 3.85. The van der Waals surface area contributed by atoms with Gasteiger partial charge in [-0.3, -0.25) is 4.90 Å². The van der Waals surface area contributed by atoms with Crippen LogP contribution in [0.3, 0.4) is 0 Å². The predicted molar refractivity (Wildman–Crippen MR) is 73.4 cm³/mol. The van der Waals surface area contributed by atoms with E-state index in [0.29, 0.717) is 18.2 Å². The van der Waals surface area contributed by atoms with Crippen LogP contribution >= 0.6 is 0 Å². The van der Waals surface area contributed by atoms with E-state index >= 15 is 0 Å². The fourth-order valence-corrected chi connectivity index (χ4v) is 2.72. The van der Waals surface area contributed by atoms with E-state index in [1.165, 1.54) is 32.2 Å². The van der Waals surface area contributed by atoms with E-state index in [-0.39, 0.29) is 0 Å². The Hall–Kier alpha value is -0.120. The molecule has 3 atom stereocenters. The quantitative estimate of drug-likeness (QED) is 0.741. The van der Waals surface area contributed by atoms with E-state index in [2.05, 4.69) is 31.0 Å². The van der Waals surface area contributed by atoms with Crippen LogP contribution in [-0.4, -0.2) is 49.8 Å². The third kappa shape index (κ3) is 4.94. The lowest BCUT2D eigenvalue weighted by Gasteiger charge is -2.40. The van der Waals surface area contributed by atoms with Gasteiger partial charge in [-0.1, -0.05) is 13.3 Å². The molecule has 0 aliphatic carbocycles. The zero-order valence-electron chi connectivity index (χ0n) is 12.0. The number of ether oxygens (including phenoxy) is 1. The number of nitrogens with zero attached hydrogens (tertiary/aromatic N) is 1. The number of likely N-dealkylation sites (tertiary alicyclic amines) is 1. The van der Waals surface area contributed by atoms with Crippen molar-refractivity contribution < 1.29 is 4.74 Å². The first-order valence-corrected chi connectivity index (χ1v) is 7.19. The van der Waals surface area contributed by atoms with Gasteiger partial charge in [-0.15, -0.1) is 0 Å². The zero-order chi connectivity index (χ0) is 12.7. The highest BCUT2D eigenvalue weighted by Crippen LogP contribution is 2.20. The molecule has 3 unspecified atom stereocenters. The van der Waals surface area contributed by atoms with Crippen molar-refractivity contribution in [2.24, 2.45) is 0 Å². The summed E-state index contributed by atoms with van der Waals surface area (Å²) in [5.41, 5.74) is 0. The Bertz CT molecular complexity index is 199. The average Bonchev–Trinajstić information content (AvgIpc) is 2.36. The normalized spacial score (nSPS) is 25.8. The van der Waals surface area contributed by atoms with Crippen molar-refractivity contribution in [3.05, 3.63) is 0 Å². The van der Waals surface area contributed by atoms with Gasteiger partial charge in [-0.2, -0.15) is 0 Å². The summed E-state index contributed by atoms with van der Waals surface area (Å²) in [7, 11) is 1.81. The monoisotopic (exact) mass is 242 g/mol. The molecule has 0 radical (unpaired) electrons. The summed E-state index contributed by atoms with van der Waals surface area (Å²) < 4.78 is 5.40. The predicted octanol–water partition coefficient (Wildman–Crippen LogP) is 2.26. The molecule has 0 saturated carbocycles. The number of nitrogens with one attached hydrogen (secondary N) is 1. The van der Waals surface area contributed by atoms with Crippen LogP contribution in [0, 0.1) is 0 Å². The molecule has 0 aromatic carbocycles. The average molecular weight is 242 g/mol. The highest BCUT2D eigenvalue weighted by molar-refractivity contribution is 4.85. The first-order chi connectivity index (χ1) is 8.19.